The monoisotopic (exact) mass is 242 g/mol. The van der Waals surface area contributed by atoms with Crippen LogP contribution in [0.4, 0.5) is 0 Å². The summed E-state index contributed by atoms with van der Waals surface area (Å²) in [7, 11) is -2.90. The maximum absolute atomic E-state index is 11.4. The molecule has 0 rings (SSSR count). The van der Waals surface area contributed by atoms with E-state index in [2.05, 4.69) is 4.52 Å². The number of hydrogen-bond donors (Lipinski definition) is 2. The zero-order chi connectivity index (χ0) is 11.2. The van der Waals surface area contributed by atoms with Gasteiger partial charge in [0.25, 0.3) is 0 Å². The first-order valence-electron chi connectivity index (χ1n) is 4.04. The van der Waals surface area contributed by atoms with Gasteiger partial charge in [0.05, 0.1) is 18.6 Å². The molecule has 0 saturated carbocycles. The van der Waals surface area contributed by atoms with Crippen molar-refractivity contribution in [2.24, 2.45) is 5.41 Å². The summed E-state index contributed by atoms with van der Waals surface area (Å²) in [5.41, 5.74) is -0.769. The topological polar surface area (TPSA) is 83.8 Å². The lowest BCUT2D eigenvalue weighted by molar-refractivity contribution is -0.119. The highest BCUT2D eigenvalue weighted by atomic mass is 32.2. The molecule has 0 bridgehead atoms. The molecule has 0 spiro atoms. The molecule has 0 fully saturated rings. The van der Waals surface area contributed by atoms with Gasteiger partial charge >= 0.3 is 8.25 Å². The Bertz CT molecular complexity index is 218. The van der Waals surface area contributed by atoms with Crippen LogP contribution in [0.25, 0.3) is 0 Å². The van der Waals surface area contributed by atoms with Crippen LogP contribution in [0.1, 0.15) is 13.8 Å². The second kappa shape index (κ2) is 6.58. The summed E-state index contributed by atoms with van der Waals surface area (Å²) >= 11 is 0.992. The van der Waals surface area contributed by atoms with E-state index >= 15 is 0 Å². The first-order chi connectivity index (χ1) is 6.40. The lowest BCUT2D eigenvalue weighted by Gasteiger charge is -2.18. The molecule has 0 aromatic rings. The van der Waals surface area contributed by atoms with E-state index in [1.807, 2.05) is 0 Å². The number of carbonyl (C=O) groups is 1. The normalized spacial score (nSPS) is 14.0. The molecule has 0 radical (unpaired) electrons. The molecule has 2 N–H and O–H groups in total. The van der Waals surface area contributed by atoms with Gasteiger partial charge in [-0.25, -0.2) is 0 Å². The summed E-state index contributed by atoms with van der Waals surface area (Å²) in [6.07, 6.45) is 0. The highest BCUT2D eigenvalue weighted by molar-refractivity contribution is 8.13. The van der Waals surface area contributed by atoms with Gasteiger partial charge in [-0.05, 0) is 13.8 Å². The SMILES string of the molecule is CC(C)(CO)C(=O)SCCO[PH](=O)O. The summed E-state index contributed by atoms with van der Waals surface area (Å²) in [6.45, 7) is 3.12. The van der Waals surface area contributed by atoms with E-state index in [1.54, 1.807) is 13.8 Å². The maximum atomic E-state index is 11.4. The van der Waals surface area contributed by atoms with Crippen LogP contribution in [0.5, 0.6) is 0 Å². The highest BCUT2D eigenvalue weighted by Crippen LogP contribution is 2.23. The molecule has 0 heterocycles. The summed E-state index contributed by atoms with van der Waals surface area (Å²) in [5.74, 6) is 0.319. The molecular formula is C7H15O5PS. The summed E-state index contributed by atoms with van der Waals surface area (Å²) < 4.78 is 14.5. The largest absolute Gasteiger partial charge is 0.395 e. The van der Waals surface area contributed by atoms with E-state index in [1.165, 1.54) is 0 Å². The average molecular weight is 242 g/mol. The van der Waals surface area contributed by atoms with Crippen LogP contribution >= 0.6 is 20.0 Å². The van der Waals surface area contributed by atoms with Gasteiger partial charge in [-0.3, -0.25) is 9.36 Å². The van der Waals surface area contributed by atoms with Crippen molar-refractivity contribution in [1.82, 2.24) is 0 Å². The van der Waals surface area contributed by atoms with Gasteiger partial charge in [0.2, 0.25) is 0 Å². The lowest BCUT2D eigenvalue weighted by atomic mass is 9.97. The third-order valence-electron chi connectivity index (χ3n) is 1.49. The average Bonchev–Trinajstić information content (AvgIpc) is 2.11. The molecule has 0 aromatic carbocycles. The van der Waals surface area contributed by atoms with Crippen LogP contribution in [0.3, 0.4) is 0 Å². The first-order valence-corrected chi connectivity index (χ1v) is 6.29. The van der Waals surface area contributed by atoms with Gasteiger partial charge in [0.1, 0.15) is 0 Å². The van der Waals surface area contributed by atoms with Gasteiger partial charge in [-0.15, -0.1) is 0 Å². The van der Waals surface area contributed by atoms with E-state index in [9.17, 15) is 9.36 Å². The quantitative estimate of drug-likeness (QED) is 0.526. The number of thioether (sulfide) groups is 1. The Kier molecular flexibility index (Phi) is 6.64. The minimum atomic E-state index is -2.90. The van der Waals surface area contributed by atoms with Crippen molar-refractivity contribution < 1.29 is 23.9 Å². The summed E-state index contributed by atoms with van der Waals surface area (Å²) in [5, 5.41) is 8.71. The van der Waals surface area contributed by atoms with Crippen molar-refractivity contribution in [1.29, 1.82) is 0 Å². The second-order valence-corrected chi connectivity index (χ2v) is 5.18. The zero-order valence-electron chi connectivity index (χ0n) is 8.15. The molecular weight excluding hydrogens is 227 g/mol. The molecule has 7 heteroatoms. The molecule has 0 aliphatic rings. The van der Waals surface area contributed by atoms with Crippen molar-refractivity contribution >= 4 is 25.1 Å². The predicted octanol–water partition coefficient (Wildman–Crippen LogP) is 0.663. The predicted molar refractivity (Wildman–Crippen MR) is 55.5 cm³/mol. The van der Waals surface area contributed by atoms with Crippen LogP contribution in [-0.2, 0) is 13.9 Å². The summed E-state index contributed by atoms with van der Waals surface area (Å²) in [4.78, 5) is 19.7. The minimum Gasteiger partial charge on any atom is -0.395 e. The Labute approximate surface area is 87.8 Å². The maximum Gasteiger partial charge on any atom is 0.316 e. The van der Waals surface area contributed by atoms with E-state index in [0.29, 0.717) is 5.75 Å². The lowest BCUT2D eigenvalue weighted by Crippen LogP contribution is -2.26. The fourth-order valence-electron chi connectivity index (χ4n) is 0.523. The van der Waals surface area contributed by atoms with Crippen molar-refractivity contribution in [3.05, 3.63) is 0 Å². The second-order valence-electron chi connectivity index (χ2n) is 3.29. The first kappa shape index (κ1) is 14.1. The van der Waals surface area contributed by atoms with Crippen molar-refractivity contribution in [3.63, 3.8) is 0 Å². The third-order valence-corrected chi connectivity index (χ3v) is 3.13. The standard InChI is InChI=1S/C7H15O5PS/c1-7(2,5-8)6(9)14-4-3-12-13(10)11/h8,13H,3-5H2,1-2H3,(H,10,11). The number of hydrogen-bond acceptors (Lipinski definition) is 5. The molecule has 0 amide bonds. The van der Waals surface area contributed by atoms with Gasteiger partial charge in [-0.2, -0.15) is 0 Å². The smallest absolute Gasteiger partial charge is 0.316 e. The molecule has 5 nitrogen and oxygen atoms in total. The van der Waals surface area contributed by atoms with Gasteiger partial charge in [0, 0.05) is 5.75 Å². The molecule has 0 saturated heterocycles. The fraction of sp³-hybridized carbons (Fsp3) is 0.857. The van der Waals surface area contributed by atoms with Crippen LogP contribution in [0.2, 0.25) is 0 Å². The van der Waals surface area contributed by atoms with Crippen molar-refractivity contribution in [2.75, 3.05) is 19.0 Å². The highest BCUT2D eigenvalue weighted by Gasteiger charge is 2.26. The van der Waals surface area contributed by atoms with Gasteiger partial charge < -0.3 is 14.5 Å². The van der Waals surface area contributed by atoms with Crippen molar-refractivity contribution in [2.45, 2.75) is 13.8 Å². The Morgan fingerprint density at radius 2 is 2.14 bits per heavy atom. The Morgan fingerprint density at radius 3 is 2.57 bits per heavy atom. The minimum absolute atomic E-state index is 0.0617. The van der Waals surface area contributed by atoms with E-state index in [4.69, 9.17) is 10.00 Å². The molecule has 14 heavy (non-hydrogen) atoms. The van der Waals surface area contributed by atoms with Crippen molar-refractivity contribution in [3.8, 4) is 0 Å². The zero-order valence-corrected chi connectivity index (χ0v) is 9.97. The molecule has 1 unspecified atom stereocenters. The number of carbonyl (C=O) groups excluding carboxylic acids is 1. The molecule has 1 atom stereocenters. The van der Waals surface area contributed by atoms with Crippen LogP contribution in [-0.4, -0.2) is 34.1 Å². The van der Waals surface area contributed by atoms with Gasteiger partial charge in [-0.1, -0.05) is 11.8 Å². The molecule has 0 aliphatic carbocycles. The third kappa shape index (κ3) is 5.78. The van der Waals surface area contributed by atoms with E-state index < -0.39 is 13.7 Å². The Hall–Kier alpha value is 0.130. The summed E-state index contributed by atoms with van der Waals surface area (Å²) in [6, 6.07) is 0. The van der Waals surface area contributed by atoms with Crippen LogP contribution in [0, 0.1) is 5.41 Å². The molecule has 0 aliphatic heterocycles. The Balaban J connectivity index is 3.70. The number of rotatable bonds is 6. The van der Waals surface area contributed by atoms with E-state index in [-0.39, 0.29) is 18.3 Å². The molecule has 84 valence electrons. The number of aliphatic hydroxyl groups is 1. The van der Waals surface area contributed by atoms with Crippen LogP contribution in [0.15, 0.2) is 0 Å². The molecule has 0 aromatic heterocycles. The van der Waals surface area contributed by atoms with Crippen LogP contribution < -0.4 is 0 Å². The van der Waals surface area contributed by atoms with E-state index in [0.717, 1.165) is 11.8 Å². The Morgan fingerprint density at radius 1 is 1.57 bits per heavy atom. The fourth-order valence-corrected chi connectivity index (χ4v) is 1.76. The number of aliphatic hydroxyl groups excluding tert-OH is 1. The van der Waals surface area contributed by atoms with Gasteiger partial charge in [0.15, 0.2) is 5.12 Å².